The molecule has 0 spiro atoms. The number of hydrogen-bond donors (Lipinski definition) is 3. The molecule has 8 heteroatoms. The Hall–Kier alpha value is -1.51. The predicted molar refractivity (Wildman–Crippen MR) is 61.1 cm³/mol. The molecule has 1 aromatic rings. The second-order valence-electron chi connectivity index (χ2n) is 3.27. The van der Waals surface area contributed by atoms with E-state index < -0.39 is 15.9 Å². The number of aromatic nitrogens is 1. The molecule has 0 fully saturated rings. The number of hydrogen-bond acceptors (Lipinski definition) is 5. The van der Waals surface area contributed by atoms with E-state index in [1.54, 1.807) is 0 Å². The minimum atomic E-state index is -3.70. The van der Waals surface area contributed by atoms with Crippen molar-refractivity contribution in [3.8, 4) is 0 Å². The lowest BCUT2D eigenvalue weighted by Crippen LogP contribution is -2.29. The zero-order valence-electron chi connectivity index (χ0n) is 9.09. The molecule has 0 aliphatic carbocycles. The quantitative estimate of drug-likeness (QED) is 0.584. The molecule has 1 heterocycles. The lowest BCUT2D eigenvalue weighted by molar-refractivity contribution is -0.117. The lowest BCUT2D eigenvalue weighted by atomic mass is 10.3. The highest BCUT2D eigenvalue weighted by Gasteiger charge is 2.17. The van der Waals surface area contributed by atoms with Crippen LogP contribution >= 0.6 is 0 Å². The number of rotatable bonds is 6. The van der Waals surface area contributed by atoms with Crippen molar-refractivity contribution in [2.24, 2.45) is 11.5 Å². The van der Waals surface area contributed by atoms with Crippen molar-refractivity contribution < 1.29 is 13.2 Å². The molecule has 0 aromatic carbocycles. The Kier molecular flexibility index (Phi) is 4.55. The van der Waals surface area contributed by atoms with Crippen molar-refractivity contribution in [3.05, 3.63) is 24.0 Å². The van der Waals surface area contributed by atoms with Crippen LogP contribution in [0, 0.1) is 0 Å². The Balaban J connectivity index is 2.86. The summed E-state index contributed by atoms with van der Waals surface area (Å²) >= 11 is 0. The average molecular weight is 258 g/mol. The van der Waals surface area contributed by atoms with Gasteiger partial charge in [-0.2, -0.15) is 0 Å². The molecule has 17 heavy (non-hydrogen) atoms. The number of nitrogens with zero attached hydrogens (tertiary/aromatic N) is 1. The van der Waals surface area contributed by atoms with Crippen LogP contribution < -0.4 is 16.2 Å². The van der Waals surface area contributed by atoms with Gasteiger partial charge < -0.3 is 11.5 Å². The summed E-state index contributed by atoms with van der Waals surface area (Å²) in [5.41, 5.74) is 10.6. The zero-order chi connectivity index (χ0) is 12.9. The molecular weight excluding hydrogens is 244 g/mol. The molecule has 0 unspecified atom stereocenters. The van der Waals surface area contributed by atoms with Crippen LogP contribution in [0.2, 0.25) is 0 Å². The summed E-state index contributed by atoms with van der Waals surface area (Å²) < 4.78 is 25.9. The summed E-state index contributed by atoms with van der Waals surface area (Å²) in [6, 6.07) is 2.91. The van der Waals surface area contributed by atoms with E-state index in [1.807, 2.05) is 0 Å². The van der Waals surface area contributed by atoms with Crippen LogP contribution in [0.15, 0.2) is 23.2 Å². The maximum atomic E-state index is 11.8. The van der Waals surface area contributed by atoms with Crippen molar-refractivity contribution >= 4 is 15.9 Å². The normalized spacial score (nSPS) is 11.4. The summed E-state index contributed by atoms with van der Waals surface area (Å²) in [4.78, 5) is 14.4. The van der Waals surface area contributed by atoms with E-state index >= 15 is 0 Å². The summed E-state index contributed by atoms with van der Waals surface area (Å²) in [5, 5.41) is 0. The topological polar surface area (TPSA) is 128 Å². The van der Waals surface area contributed by atoms with Gasteiger partial charge in [0.05, 0.1) is 5.69 Å². The third kappa shape index (κ3) is 3.77. The van der Waals surface area contributed by atoms with Crippen LogP contribution in [-0.2, 0) is 21.4 Å². The van der Waals surface area contributed by atoms with Crippen LogP contribution in [0.4, 0.5) is 0 Å². The first-order valence-corrected chi connectivity index (χ1v) is 6.37. The Morgan fingerprint density at radius 2 is 2.18 bits per heavy atom. The van der Waals surface area contributed by atoms with Crippen molar-refractivity contribution in [1.82, 2.24) is 9.71 Å². The molecule has 7 nitrogen and oxygen atoms in total. The van der Waals surface area contributed by atoms with E-state index in [0.717, 1.165) is 0 Å². The molecule has 1 aromatic heterocycles. The fraction of sp³-hybridized carbons (Fsp3) is 0.333. The third-order valence-corrected chi connectivity index (χ3v) is 3.53. The van der Waals surface area contributed by atoms with Gasteiger partial charge in [0, 0.05) is 25.7 Å². The van der Waals surface area contributed by atoms with Crippen LogP contribution in [0.1, 0.15) is 12.1 Å². The molecular formula is C9H14N4O3S. The highest BCUT2D eigenvalue weighted by molar-refractivity contribution is 7.89. The number of pyridine rings is 1. The third-order valence-electron chi connectivity index (χ3n) is 1.99. The van der Waals surface area contributed by atoms with Crippen molar-refractivity contribution in [3.63, 3.8) is 0 Å². The second kappa shape index (κ2) is 5.71. The summed E-state index contributed by atoms with van der Waals surface area (Å²) in [5.74, 6) is -0.571. The van der Waals surface area contributed by atoms with Gasteiger partial charge in [-0.25, -0.2) is 13.1 Å². The van der Waals surface area contributed by atoms with E-state index in [4.69, 9.17) is 11.5 Å². The summed E-state index contributed by atoms with van der Waals surface area (Å²) in [6.07, 6.45) is 1.40. The molecule has 5 N–H and O–H groups in total. The second-order valence-corrected chi connectivity index (χ2v) is 5.00. The maximum absolute atomic E-state index is 11.8. The van der Waals surface area contributed by atoms with Gasteiger partial charge in [-0.05, 0) is 12.1 Å². The Bertz CT molecular complexity index is 501. The van der Waals surface area contributed by atoms with Gasteiger partial charge in [-0.1, -0.05) is 0 Å². The first-order valence-electron chi connectivity index (χ1n) is 4.89. The number of nitrogens with one attached hydrogen (secondary N) is 1. The van der Waals surface area contributed by atoms with Gasteiger partial charge in [0.25, 0.3) is 0 Å². The summed E-state index contributed by atoms with van der Waals surface area (Å²) in [6.45, 7) is -0.0243. The minimum absolute atomic E-state index is 0.0203. The van der Waals surface area contributed by atoms with Gasteiger partial charge in [0.2, 0.25) is 15.9 Å². The predicted octanol–water partition coefficient (Wildman–Crippen LogP) is -1.31. The van der Waals surface area contributed by atoms with E-state index in [9.17, 15) is 13.2 Å². The molecule has 1 amide bonds. The molecule has 0 radical (unpaired) electrons. The van der Waals surface area contributed by atoms with E-state index in [0.29, 0.717) is 0 Å². The molecule has 94 valence electrons. The van der Waals surface area contributed by atoms with Gasteiger partial charge in [-0.15, -0.1) is 0 Å². The Labute approximate surface area is 99.3 Å². The summed E-state index contributed by atoms with van der Waals surface area (Å²) in [7, 11) is -3.70. The van der Waals surface area contributed by atoms with Gasteiger partial charge in [0.1, 0.15) is 4.90 Å². The van der Waals surface area contributed by atoms with Crippen LogP contribution in [0.25, 0.3) is 0 Å². The molecule has 0 aliphatic heterocycles. The first kappa shape index (κ1) is 13.6. The fourth-order valence-corrected chi connectivity index (χ4v) is 2.44. The number of sulfonamides is 1. The van der Waals surface area contributed by atoms with Crippen LogP contribution in [-0.4, -0.2) is 25.9 Å². The van der Waals surface area contributed by atoms with Gasteiger partial charge in [-0.3, -0.25) is 9.78 Å². The van der Waals surface area contributed by atoms with Crippen LogP contribution in [0.5, 0.6) is 0 Å². The Morgan fingerprint density at radius 3 is 2.76 bits per heavy atom. The number of nitrogens with two attached hydrogens (primary N) is 2. The van der Waals surface area contributed by atoms with E-state index in [2.05, 4.69) is 9.71 Å². The smallest absolute Gasteiger partial charge is 0.242 e. The standard InChI is InChI=1S/C9H14N4O3S/c10-6-7-8(2-1-4-12-7)17(15,16)13-5-3-9(11)14/h1-2,4,13H,3,5-6,10H2,(H2,11,14). The van der Waals surface area contributed by atoms with Crippen molar-refractivity contribution in [2.75, 3.05) is 6.54 Å². The largest absolute Gasteiger partial charge is 0.370 e. The van der Waals surface area contributed by atoms with Crippen molar-refractivity contribution in [1.29, 1.82) is 0 Å². The van der Waals surface area contributed by atoms with Crippen LogP contribution in [0.3, 0.4) is 0 Å². The monoisotopic (exact) mass is 258 g/mol. The number of primary amides is 1. The molecule has 0 saturated carbocycles. The highest BCUT2D eigenvalue weighted by Crippen LogP contribution is 2.11. The first-order chi connectivity index (χ1) is 7.97. The van der Waals surface area contributed by atoms with Crippen molar-refractivity contribution in [2.45, 2.75) is 17.9 Å². The minimum Gasteiger partial charge on any atom is -0.370 e. The Morgan fingerprint density at radius 1 is 1.47 bits per heavy atom. The molecule has 0 atom stereocenters. The molecule has 0 saturated heterocycles. The van der Waals surface area contributed by atoms with E-state index in [-0.39, 0.29) is 30.1 Å². The molecule has 0 bridgehead atoms. The van der Waals surface area contributed by atoms with E-state index in [1.165, 1.54) is 18.3 Å². The SMILES string of the molecule is NCc1ncccc1S(=O)(=O)NCCC(N)=O. The highest BCUT2D eigenvalue weighted by atomic mass is 32.2. The van der Waals surface area contributed by atoms with Gasteiger partial charge >= 0.3 is 0 Å². The average Bonchev–Trinajstić information content (AvgIpc) is 2.28. The number of carbonyl (C=O) groups is 1. The lowest BCUT2D eigenvalue weighted by Gasteiger charge is -2.08. The maximum Gasteiger partial charge on any atom is 0.242 e. The van der Waals surface area contributed by atoms with Gasteiger partial charge in [0.15, 0.2) is 0 Å². The number of amides is 1. The molecule has 1 rings (SSSR count). The fourth-order valence-electron chi connectivity index (χ4n) is 1.21. The zero-order valence-corrected chi connectivity index (χ0v) is 9.90. The number of carbonyl (C=O) groups excluding carboxylic acids is 1. The molecule has 0 aliphatic rings.